The highest BCUT2D eigenvalue weighted by Gasteiger charge is 2.11. The number of fused-ring (bicyclic) bond motifs is 1. The Balaban J connectivity index is 2.24. The van der Waals surface area contributed by atoms with E-state index in [9.17, 15) is 9.59 Å². The van der Waals surface area contributed by atoms with Crippen molar-refractivity contribution in [2.45, 2.75) is 6.54 Å². The summed E-state index contributed by atoms with van der Waals surface area (Å²) in [5, 5.41) is 0.551. The lowest BCUT2D eigenvalue weighted by Gasteiger charge is -2.00. The minimum atomic E-state index is -0.377. The number of aromatic amines is 1. The molecule has 0 saturated carbocycles. The third kappa shape index (κ3) is 2.21. The zero-order valence-corrected chi connectivity index (χ0v) is 12.2. The van der Waals surface area contributed by atoms with Gasteiger partial charge in [-0.3, -0.25) is 14.3 Å². The molecule has 0 aliphatic rings. The lowest BCUT2D eigenvalue weighted by Crippen LogP contribution is -2.35. The van der Waals surface area contributed by atoms with Crippen molar-refractivity contribution in [2.75, 3.05) is 5.75 Å². The fourth-order valence-electron chi connectivity index (χ4n) is 2.09. The molecule has 0 radical (unpaired) electrons. The van der Waals surface area contributed by atoms with Crippen molar-refractivity contribution in [3.8, 4) is 10.4 Å². The lowest BCUT2D eigenvalue weighted by molar-refractivity contribution is 0.693. The molecule has 1 N–H and O–H groups in total. The first-order valence-electron chi connectivity index (χ1n) is 6.13. The Morgan fingerprint density at radius 1 is 1.20 bits per heavy atom. The van der Waals surface area contributed by atoms with Crippen LogP contribution in [0.1, 0.15) is 0 Å². The summed E-state index contributed by atoms with van der Waals surface area (Å²) >= 11 is 5.49. The highest BCUT2D eigenvalue weighted by Crippen LogP contribution is 2.30. The van der Waals surface area contributed by atoms with Crippen molar-refractivity contribution in [3.05, 3.63) is 57.2 Å². The third-order valence-corrected chi connectivity index (χ3v) is 4.35. The molecule has 0 amide bonds. The zero-order valence-electron chi connectivity index (χ0n) is 10.5. The largest absolute Gasteiger partial charge is 0.329 e. The molecule has 0 fully saturated rings. The van der Waals surface area contributed by atoms with Gasteiger partial charge in [-0.1, -0.05) is 30.3 Å². The summed E-state index contributed by atoms with van der Waals surface area (Å²) in [4.78, 5) is 28.5. The highest BCUT2D eigenvalue weighted by atomic mass is 32.1. The Labute approximate surface area is 124 Å². The Morgan fingerprint density at radius 2 is 1.95 bits per heavy atom. The maximum absolute atomic E-state index is 12.3. The van der Waals surface area contributed by atoms with Crippen molar-refractivity contribution < 1.29 is 0 Å². The van der Waals surface area contributed by atoms with Crippen LogP contribution in [-0.2, 0) is 6.54 Å². The summed E-state index contributed by atoms with van der Waals surface area (Å²) in [6.07, 6.45) is 0. The predicted octanol–water partition coefficient (Wildman–Crippen LogP) is 2.35. The average molecular weight is 304 g/mol. The monoisotopic (exact) mass is 304 g/mol. The van der Waals surface area contributed by atoms with Gasteiger partial charge in [0.05, 0.1) is 5.39 Å². The van der Waals surface area contributed by atoms with Crippen molar-refractivity contribution in [3.63, 3.8) is 0 Å². The van der Waals surface area contributed by atoms with Gasteiger partial charge in [0.25, 0.3) is 5.56 Å². The third-order valence-electron chi connectivity index (χ3n) is 3.06. The smallest absolute Gasteiger partial charge is 0.298 e. The van der Waals surface area contributed by atoms with Gasteiger partial charge in [0.2, 0.25) is 0 Å². The number of rotatable bonds is 3. The Morgan fingerprint density at radius 3 is 2.65 bits per heavy atom. The second-order valence-corrected chi connectivity index (χ2v) is 5.83. The lowest BCUT2D eigenvalue weighted by atomic mass is 10.2. The molecule has 0 bridgehead atoms. The van der Waals surface area contributed by atoms with Gasteiger partial charge in [0.1, 0.15) is 4.83 Å². The van der Waals surface area contributed by atoms with Crippen LogP contribution in [-0.4, -0.2) is 15.3 Å². The first-order chi connectivity index (χ1) is 9.70. The molecular formula is C14H12N2O2S2. The van der Waals surface area contributed by atoms with Crippen LogP contribution in [0.25, 0.3) is 20.7 Å². The van der Waals surface area contributed by atoms with Crippen LogP contribution in [0.3, 0.4) is 0 Å². The Bertz CT molecular complexity index is 862. The molecule has 20 heavy (non-hydrogen) atoms. The van der Waals surface area contributed by atoms with Crippen LogP contribution < -0.4 is 11.2 Å². The number of nitrogens with one attached hydrogen (secondary N) is 1. The molecule has 0 spiro atoms. The molecule has 0 aliphatic heterocycles. The topological polar surface area (TPSA) is 54.9 Å². The molecule has 0 atom stereocenters. The number of hydrogen-bond acceptors (Lipinski definition) is 4. The van der Waals surface area contributed by atoms with E-state index in [1.165, 1.54) is 15.9 Å². The summed E-state index contributed by atoms with van der Waals surface area (Å²) < 4.78 is 1.19. The summed E-state index contributed by atoms with van der Waals surface area (Å²) in [6, 6.07) is 11.6. The van der Waals surface area contributed by atoms with Gasteiger partial charge in [-0.2, -0.15) is 12.6 Å². The molecule has 4 nitrogen and oxygen atoms in total. The molecule has 3 aromatic rings. The number of benzene rings is 1. The van der Waals surface area contributed by atoms with E-state index in [2.05, 4.69) is 17.6 Å². The second kappa shape index (κ2) is 5.30. The van der Waals surface area contributed by atoms with E-state index >= 15 is 0 Å². The minimum Gasteiger partial charge on any atom is -0.298 e. The normalized spacial score (nSPS) is 11.1. The number of hydrogen-bond donors (Lipinski definition) is 2. The average Bonchev–Trinajstić information content (AvgIpc) is 2.88. The van der Waals surface area contributed by atoms with Crippen LogP contribution in [0.15, 0.2) is 46.0 Å². The summed E-state index contributed by atoms with van der Waals surface area (Å²) in [6.45, 7) is 0.309. The van der Waals surface area contributed by atoms with E-state index in [4.69, 9.17) is 0 Å². The summed E-state index contributed by atoms with van der Waals surface area (Å²) in [5.74, 6) is 0.449. The highest BCUT2D eigenvalue weighted by molar-refractivity contribution is 7.80. The Kier molecular flexibility index (Phi) is 3.50. The van der Waals surface area contributed by atoms with Gasteiger partial charge in [-0.25, -0.2) is 4.79 Å². The van der Waals surface area contributed by atoms with Crippen molar-refractivity contribution >= 4 is 34.2 Å². The van der Waals surface area contributed by atoms with E-state index in [0.29, 0.717) is 22.5 Å². The zero-order chi connectivity index (χ0) is 14.1. The maximum atomic E-state index is 12.3. The first-order valence-corrected chi connectivity index (χ1v) is 7.58. The fourth-order valence-corrected chi connectivity index (χ4v) is 3.34. The predicted molar refractivity (Wildman–Crippen MR) is 86.0 cm³/mol. The van der Waals surface area contributed by atoms with Crippen LogP contribution in [0, 0.1) is 0 Å². The molecule has 6 heteroatoms. The second-order valence-electron chi connectivity index (χ2n) is 4.33. The van der Waals surface area contributed by atoms with E-state index in [-0.39, 0.29) is 11.2 Å². The number of nitrogens with zero attached hydrogens (tertiary/aromatic N) is 1. The molecule has 102 valence electrons. The summed E-state index contributed by atoms with van der Waals surface area (Å²) in [7, 11) is 0. The SMILES string of the molecule is O=c1[nH]c2sc(-c3ccccc3)cc2c(=O)n1CCS. The van der Waals surface area contributed by atoms with Crippen molar-refractivity contribution in [1.29, 1.82) is 0 Å². The fraction of sp³-hybridized carbons (Fsp3) is 0.143. The minimum absolute atomic E-state index is 0.253. The Hall–Kier alpha value is -1.79. The van der Waals surface area contributed by atoms with Crippen LogP contribution in [0.5, 0.6) is 0 Å². The number of thiol groups is 1. The van der Waals surface area contributed by atoms with Gasteiger partial charge in [0.15, 0.2) is 0 Å². The van der Waals surface area contributed by atoms with Crippen LogP contribution in [0.2, 0.25) is 0 Å². The van der Waals surface area contributed by atoms with E-state index < -0.39 is 0 Å². The van der Waals surface area contributed by atoms with E-state index in [0.717, 1.165) is 10.4 Å². The van der Waals surface area contributed by atoms with Crippen molar-refractivity contribution in [2.24, 2.45) is 0 Å². The molecule has 2 heterocycles. The molecule has 2 aromatic heterocycles. The van der Waals surface area contributed by atoms with Gasteiger partial charge >= 0.3 is 5.69 Å². The molecule has 3 rings (SSSR count). The maximum Gasteiger partial charge on any atom is 0.329 e. The first kappa shape index (κ1) is 13.2. The number of H-pyrrole nitrogens is 1. The van der Waals surface area contributed by atoms with Gasteiger partial charge in [-0.05, 0) is 11.6 Å². The van der Waals surface area contributed by atoms with Gasteiger partial charge < -0.3 is 0 Å². The standard InChI is InChI=1S/C14H12N2O2S2/c17-13-10-8-11(9-4-2-1-3-5-9)20-12(10)15-14(18)16(13)6-7-19/h1-5,8,19H,6-7H2,(H,15,18). The molecule has 0 unspecified atom stereocenters. The number of aromatic nitrogens is 2. The molecular weight excluding hydrogens is 292 g/mol. The van der Waals surface area contributed by atoms with E-state index in [1.807, 2.05) is 36.4 Å². The van der Waals surface area contributed by atoms with Crippen LogP contribution in [0.4, 0.5) is 0 Å². The molecule has 1 aromatic carbocycles. The van der Waals surface area contributed by atoms with Crippen LogP contribution >= 0.6 is 24.0 Å². The summed E-state index contributed by atoms with van der Waals surface area (Å²) in [5.41, 5.74) is 0.406. The quantitative estimate of drug-likeness (QED) is 0.730. The van der Waals surface area contributed by atoms with Crippen molar-refractivity contribution in [1.82, 2.24) is 9.55 Å². The molecule has 0 saturated heterocycles. The van der Waals surface area contributed by atoms with E-state index in [1.54, 1.807) is 0 Å². The van der Waals surface area contributed by atoms with Gasteiger partial charge in [0, 0.05) is 17.2 Å². The molecule has 0 aliphatic carbocycles. The van der Waals surface area contributed by atoms with Gasteiger partial charge in [-0.15, -0.1) is 11.3 Å². The number of thiophene rings is 1.